The molecule has 0 fully saturated rings. The van der Waals surface area contributed by atoms with Crippen LogP contribution in [-0.2, 0) is 0 Å². The van der Waals surface area contributed by atoms with Crippen molar-refractivity contribution in [1.29, 1.82) is 0 Å². The van der Waals surface area contributed by atoms with E-state index in [0.717, 1.165) is 32.2 Å². The van der Waals surface area contributed by atoms with Gasteiger partial charge in [0.1, 0.15) is 0 Å². The van der Waals surface area contributed by atoms with Gasteiger partial charge in [0.2, 0.25) is 0 Å². The summed E-state index contributed by atoms with van der Waals surface area (Å²) in [5, 5.41) is 0. The Kier molecular flexibility index (Phi) is 2.04. The maximum Gasteiger partial charge on any atom is 0.0975 e. The summed E-state index contributed by atoms with van der Waals surface area (Å²) in [5.74, 6) is 0. The SMILES string of the molecule is C1=NC2C(=C1)CC=C1CC=C3CC=C4CCN=C4C3=C12. The molecule has 5 rings (SSSR count). The minimum absolute atomic E-state index is 0.274. The monoisotopic (exact) mass is 260 g/mol. The molecule has 3 aliphatic carbocycles. The van der Waals surface area contributed by atoms with E-state index in [0.29, 0.717) is 0 Å². The number of nitrogens with zero attached hydrogens (tertiary/aromatic N) is 2. The van der Waals surface area contributed by atoms with Crippen molar-refractivity contribution in [2.45, 2.75) is 31.7 Å². The van der Waals surface area contributed by atoms with Crippen LogP contribution in [0, 0.1) is 0 Å². The van der Waals surface area contributed by atoms with Gasteiger partial charge in [-0.05, 0) is 59.6 Å². The molecule has 2 nitrogen and oxygen atoms in total. The van der Waals surface area contributed by atoms with Gasteiger partial charge in [-0.3, -0.25) is 9.98 Å². The van der Waals surface area contributed by atoms with Gasteiger partial charge in [0, 0.05) is 18.3 Å². The van der Waals surface area contributed by atoms with E-state index >= 15 is 0 Å². The summed E-state index contributed by atoms with van der Waals surface area (Å²) in [6, 6.07) is 0.274. The Balaban J connectivity index is 1.80. The molecule has 20 heavy (non-hydrogen) atoms. The van der Waals surface area contributed by atoms with Crippen LogP contribution in [-0.4, -0.2) is 24.5 Å². The van der Waals surface area contributed by atoms with E-state index in [2.05, 4.69) is 24.3 Å². The Morgan fingerprint density at radius 1 is 0.950 bits per heavy atom. The van der Waals surface area contributed by atoms with E-state index < -0.39 is 0 Å². The molecule has 0 N–H and O–H groups in total. The summed E-state index contributed by atoms with van der Waals surface area (Å²) >= 11 is 0. The number of rotatable bonds is 0. The lowest BCUT2D eigenvalue weighted by molar-refractivity contribution is 0.828. The molecule has 0 aromatic rings. The van der Waals surface area contributed by atoms with Crippen molar-refractivity contribution in [3.63, 3.8) is 0 Å². The lowest BCUT2D eigenvalue weighted by atomic mass is 9.72. The van der Waals surface area contributed by atoms with Crippen molar-refractivity contribution in [2.24, 2.45) is 9.98 Å². The Morgan fingerprint density at radius 3 is 2.80 bits per heavy atom. The number of allylic oxidation sites excluding steroid dienone is 6. The Bertz CT molecular complexity index is 735. The number of fused-ring (bicyclic) bond motifs is 6. The lowest BCUT2D eigenvalue weighted by Crippen LogP contribution is -2.25. The first-order valence-electron chi connectivity index (χ1n) is 7.51. The van der Waals surface area contributed by atoms with Crippen LogP contribution in [0.2, 0.25) is 0 Å². The number of aliphatic imine (C=N–C) groups is 2. The summed E-state index contributed by atoms with van der Waals surface area (Å²) in [5.41, 5.74) is 10.0. The quantitative estimate of drug-likeness (QED) is 0.637. The zero-order chi connectivity index (χ0) is 13.1. The average Bonchev–Trinajstić information content (AvgIpc) is 3.14. The molecule has 0 saturated carbocycles. The largest absolute Gasteiger partial charge is 0.284 e. The van der Waals surface area contributed by atoms with Gasteiger partial charge < -0.3 is 0 Å². The van der Waals surface area contributed by atoms with Gasteiger partial charge in [-0.2, -0.15) is 0 Å². The molecule has 0 saturated heterocycles. The minimum Gasteiger partial charge on any atom is -0.284 e. The van der Waals surface area contributed by atoms with Crippen LogP contribution < -0.4 is 0 Å². The first kappa shape index (κ1) is 10.8. The highest BCUT2D eigenvalue weighted by Crippen LogP contribution is 2.45. The Hall–Kier alpha value is -1.96. The van der Waals surface area contributed by atoms with Crippen molar-refractivity contribution in [1.82, 2.24) is 0 Å². The molecule has 0 amide bonds. The zero-order valence-electron chi connectivity index (χ0n) is 11.4. The first-order valence-corrected chi connectivity index (χ1v) is 7.51. The fourth-order valence-corrected chi connectivity index (χ4v) is 4.02. The molecule has 1 unspecified atom stereocenters. The summed E-state index contributed by atoms with van der Waals surface area (Å²) < 4.78 is 0. The molecule has 0 aromatic carbocycles. The molecule has 0 spiro atoms. The van der Waals surface area contributed by atoms with Gasteiger partial charge >= 0.3 is 0 Å². The summed E-state index contributed by atoms with van der Waals surface area (Å²) in [7, 11) is 0. The second-order valence-corrected chi connectivity index (χ2v) is 6.01. The van der Waals surface area contributed by atoms with Gasteiger partial charge in [-0.15, -0.1) is 0 Å². The fourth-order valence-electron chi connectivity index (χ4n) is 4.02. The van der Waals surface area contributed by atoms with Crippen molar-refractivity contribution in [3.05, 3.63) is 57.7 Å². The lowest BCUT2D eigenvalue weighted by Gasteiger charge is -2.33. The van der Waals surface area contributed by atoms with Crippen molar-refractivity contribution in [3.8, 4) is 0 Å². The molecule has 2 heterocycles. The van der Waals surface area contributed by atoms with Gasteiger partial charge in [0.05, 0.1) is 11.8 Å². The third-order valence-electron chi connectivity index (χ3n) is 5.00. The van der Waals surface area contributed by atoms with Crippen molar-refractivity contribution >= 4 is 11.9 Å². The fraction of sp³-hybridized carbons (Fsp3) is 0.333. The van der Waals surface area contributed by atoms with E-state index in [1.54, 1.807) is 0 Å². The zero-order valence-corrected chi connectivity index (χ0v) is 11.4. The minimum atomic E-state index is 0.274. The molecular weight excluding hydrogens is 244 g/mol. The first-order chi connectivity index (χ1) is 9.92. The van der Waals surface area contributed by atoms with Crippen LogP contribution >= 0.6 is 0 Å². The highest BCUT2D eigenvalue weighted by atomic mass is 14.8. The van der Waals surface area contributed by atoms with Crippen LogP contribution in [0.15, 0.2) is 67.7 Å². The molecule has 1 atom stereocenters. The smallest absolute Gasteiger partial charge is 0.0975 e. The Morgan fingerprint density at radius 2 is 1.80 bits per heavy atom. The van der Waals surface area contributed by atoms with Gasteiger partial charge in [-0.1, -0.05) is 18.2 Å². The average molecular weight is 260 g/mol. The summed E-state index contributed by atoms with van der Waals surface area (Å²) in [6.45, 7) is 0.959. The van der Waals surface area contributed by atoms with Crippen molar-refractivity contribution < 1.29 is 0 Å². The molecular formula is C18H16N2. The summed E-state index contributed by atoms with van der Waals surface area (Å²) in [6.07, 6.45) is 15.7. The van der Waals surface area contributed by atoms with E-state index in [1.807, 2.05) is 6.21 Å². The van der Waals surface area contributed by atoms with Crippen LogP contribution in [0.25, 0.3) is 0 Å². The highest BCUT2D eigenvalue weighted by Gasteiger charge is 2.36. The molecule has 2 heteroatoms. The van der Waals surface area contributed by atoms with Gasteiger partial charge in [0.15, 0.2) is 0 Å². The third kappa shape index (κ3) is 1.29. The predicted molar refractivity (Wildman–Crippen MR) is 82.4 cm³/mol. The van der Waals surface area contributed by atoms with Crippen LogP contribution in [0.1, 0.15) is 25.7 Å². The van der Waals surface area contributed by atoms with E-state index in [1.165, 1.54) is 39.2 Å². The maximum atomic E-state index is 4.80. The highest BCUT2D eigenvalue weighted by molar-refractivity contribution is 6.18. The maximum absolute atomic E-state index is 4.80. The molecule has 0 aromatic heterocycles. The van der Waals surface area contributed by atoms with Gasteiger partial charge in [0.25, 0.3) is 0 Å². The number of hydrogen-bond donors (Lipinski definition) is 0. The van der Waals surface area contributed by atoms with E-state index in [4.69, 9.17) is 9.98 Å². The van der Waals surface area contributed by atoms with Crippen LogP contribution in [0.5, 0.6) is 0 Å². The molecule has 0 bridgehead atoms. The Labute approximate surface area is 118 Å². The van der Waals surface area contributed by atoms with E-state index in [9.17, 15) is 0 Å². The van der Waals surface area contributed by atoms with Crippen molar-refractivity contribution in [2.75, 3.05) is 6.54 Å². The number of hydrogen-bond acceptors (Lipinski definition) is 2. The topological polar surface area (TPSA) is 24.7 Å². The summed E-state index contributed by atoms with van der Waals surface area (Å²) in [4.78, 5) is 9.53. The third-order valence-corrected chi connectivity index (χ3v) is 5.00. The second-order valence-electron chi connectivity index (χ2n) is 6.01. The normalized spacial score (nSPS) is 29.6. The van der Waals surface area contributed by atoms with Crippen LogP contribution in [0.3, 0.4) is 0 Å². The van der Waals surface area contributed by atoms with Crippen LogP contribution in [0.4, 0.5) is 0 Å². The predicted octanol–water partition coefficient (Wildman–Crippen LogP) is 3.50. The molecule has 5 aliphatic rings. The van der Waals surface area contributed by atoms with Gasteiger partial charge in [-0.25, -0.2) is 0 Å². The molecule has 2 aliphatic heterocycles. The molecule has 0 radical (unpaired) electrons. The second kappa shape index (κ2) is 3.78. The van der Waals surface area contributed by atoms with E-state index in [-0.39, 0.29) is 6.04 Å². The standard InChI is InChI=1S/C18H16N2/c1-2-12-4-6-14-8-10-20-18(14)16(12)15-11(1)3-5-13-7-9-19-17(13)15/h1,4-5,8,10,18H,2-3,6-7,9H2. The molecule has 98 valence electrons.